The van der Waals surface area contributed by atoms with Crippen molar-refractivity contribution >= 4 is 58.2 Å². The number of fused-ring (bicyclic) bond motifs is 1. The maximum atomic E-state index is 12.6. The van der Waals surface area contributed by atoms with Crippen LogP contribution in [-0.2, 0) is 0 Å². The number of hydrogen-bond acceptors (Lipinski definition) is 2. The predicted molar refractivity (Wildman–Crippen MR) is 83.9 cm³/mol. The number of hydrogen-bond donors (Lipinski definition) is 0. The Morgan fingerprint density at radius 2 is 1.14 bits per heavy atom. The summed E-state index contributed by atoms with van der Waals surface area (Å²) < 4.78 is 0. The van der Waals surface area contributed by atoms with E-state index in [4.69, 9.17) is 46.4 Å². The van der Waals surface area contributed by atoms with Crippen LogP contribution in [-0.4, -0.2) is 22.8 Å². The molecular formula is C14H11Cl4NO2. The zero-order valence-electron chi connectivity index (χ0n) is 10.9. The van der Waals surface area contributed by atoms with Crippen molar-refractivity contribution in [1.29, 1.82) is 0 Å². The highest BCUT2D eigenvalue weighted by Crippen LogP contribution is 2.45. The zero-order chi connectivity index (χ0) is 15.3. The number of amides is 2. The van der Waals surface area contributed by atoms with Crippen molar-refractivity contribution in [3.05, 3.63) is 31.2 Å². The van der Waals surface area contributed by atoms with E-state index in [2.05, 4.69) is 0 Å². The molecule has 0 radical (unpaired) electrons. The summed E-state index contributed by atoms with van der Waals surface area (Å²) >= 11 is 24.2. The van der Waals surface area contributed by atoms with Crippen molar-refractivity contribution in [2.24, 2.45) is 0 Å². The van der Waals surface area contributed by atoms with E-state index in [0.29, 0.717) is 0 Å². The van der Waals surface area contributed by atoms with E-state index in [1.54, 1.807) is 0 Å². The van der Waals surface area contributed by atoms with E-state index in [-0.39, 0.29) is 37.3 Å². The molecule has 1 saturated carbocycles. The third kappa shape index (κ3) is 2.26. The van der Waals surface area contributed by atoms with Crippen molar-refractivity contribution in [2.75, 3.05) is 0 Å². The highest BCUT2D eigenvalue weighted by molar-refractivity contribution is 6.55. The van der Waals surface area contributed by atoms with Gasteiger partial charge in [-0.05, 0) is 12.8 Å². The van der Waals surface area contributed by atoms with Crippen LogP contribution in [0.5, 0.6) is 0 Å². The van der Waals surface area contributed by atoms with Gasteiger partial charge in [0.25, 0.3) is 11.8 Å². The molecule has 0 atom stereocenters. The Bertz CT molecular complexity index is 606. The molecule has 1 aliphatic carbocycles. The monoisotopic (exact) mass is 365 g/mol. The van der Waals surface area contributed by atoms with Gasteiger partial charge in [0.1, 0.15) is 0 Å². The second-order valence-electron chi connectivity index (χ2n) is 5.28. The average molecular weight is 367 g/mol. The molecular weight excluding hydrogens is 356 g/mol. The largest absolute Gasteiger partial charge is 0.271 e. The summed E-state index contributed by atoms with van der Waals surface area (Å²) in [7, 11) is 0. The molecule has 1 aromatic carbocycles. The molecule has 0 N–H and O–H groups in total. The van der Waals surface area contributed by atoms with Gasteiger partial charge in [-0.25, -0.2) is 0 Å². The molecule has 0 aromatic heterocycles. The van der Waals surface area contributed by atoms with Crippen LogP contribution in [0.15, 0.2) is 0 Å². The van der Waals surface area contributed by atoms with Gasteiger partial charge in [-0.1, -0.05) is 65.7 Å². The van der Waals surface area contributed by atoms with Gasteiger partial charge in [0, 0.05) is 6.04 Å². The fourth-order valence-electron chi connectivity index (χ4n) is 3.04. The van der Waals surface area contributed by atoms with E-state index in [0.717, 1.165) is 32.1 Å². The second kappa shape index (κ2) is 5.62. The van der Waals surface area contributed by atoms with Gasteiger partial charge in [-0.3, -0.25) is 14.5 Å². The Balaban J connectivity index is 2.12. The Hall–Kier alpha value is -0.480. The third-order valence-corrected chi connectivity index (χ3v) is 5.87. The molecule has 1 heterocycles. The summed E-state index contributed by atoms with van der Waals surface area (Å²) in [6, 6.07) is -0.101. The van der Waals surface area contributed by atoms with E-state index < -0.39 is 11.8 Å². The molecule has 3 nitrogen and oxygen atoms in total. The van der Waals surface area contributed by atoms with Crippen LogP contribution < -0.4 is 0 Å². The molecule has 2 aliphatic rings. The minimum Gasteiger partial charge on any atom is -0.271 e. The maximum Gasteiger partial charge on any atom is 0.263 e. The topological polar surface area (TPSA) is 37.4 Å². The van der Waals surface area contributed by atoms with Crippen molar-refractivity contribution in [2.45, 2.75) is 38.1 Å². The van der Waals surface area contributed by atoms with Crippen LogP contribution >= 0.6 is 46.4 Å². The van der Waals surface area contributed by atoms with Crippen molar-refractivity contribution in [1.82, 2.24) is 4.90 Å². The summed E-state index contributed by atoms with van der Waals surface area (Å²) in [6.45, 7) is 0. The van der Waals surface area contributed by atoms with E-state index in [9.17, 15) is 9.59 Å². The molecule has 0 unspecified atom stereocenters. The average Bonchev–Trinajstić information content (AvgIpc) is 2.75. The maximum absolute atomic E-state index is 12.6. The fourth-order valence-corrected chi connectivity index (χ4v) is 4.05. The van der Waals surface area contributed by atoms with E-state index >= 15 is 0 Å². The van der Waals surface area contributed by atoms with Crippen LogP contribution in [0.3, 0.4) is 0 Å². The molecule has 0 saturated heterocycles. The molecule has 2 amide bonds. The molecule has 3 rings (SSSR count). The van der Waals surface area contributed by atoms with Crippen LogP contribution in [0.4, 0.5) is 0 Å². The third-order valence-electron chi connectivity index (χ3n) is 4.07. The summed E-state index contributed by atoms with van der Waals surface area (Å²) in [5.41, 5.74) is 0.151. The zero-order valence-corrected chi connectivity index (χ0v) is 13.9. The van der Waals surface area contributed by atoms with Crippen LogP contribution in [0, 0.1) is 0 Å². The summed E-state index contributed by atoms with van der Waals surface area (Å²) in [5, 5.41) is 0.0120. The molecule has 1 aromatic rings. The Morgan fingerprint density at radius 1 is 0.714 bits per heavy atom. The molecule has 1 aliphatic heterocycles. The lowest BCUT2D eigenvalue weighted by atomic mass is 9.94. The summed E-state index contributed by atoms with van der Waals surface area (Å²) in [4.78, 5) is 26.5. The normalized spacial score (nSPS) is 19.3. The lowest BCUT2D eigenvalue weighted by Gasteiger charge is -2.29. The Morgan fingerprint density at radius 3 is 1.57 bits per heavy atom. The first-order chi connectivity index (χ1) is 9.95. The minimum absolute atomic E-state index is 0.00211. The Labute approximate surface area is 142 Å². The standard InChI is InChI=1S/C14H11Cl4NO2/c15-9-7-8(10(16)12(18)11(9)17)14(21)19(13(7)20)6-4-2-1-3-5-6/h6H,1-5H2. The smallest absolute Gasteiger partial charge is 0.263 e. The number of halogens is 4. The molecule has 21 heavy (non-hydrogen) atoms. The number of rotatable bonds is 1. The lowest BCUT2D eigenvalue weighted by Crippen LogP contribution is -2.40. The number of imide groups is 1. The molecule has 0 bridgehead atoms. The summed E-state index contributed by atoms with van der Waals surface area (Å²) in [5.74, 6) is -0.847. The number of nitrogens with zero attached hydrogens (tertiary/aromatic N) is 1. The van der Waals surface area contributed by atoms with Gasteiger partial charge in [0.2, 0.25) is 0 Å². The van der Waals surface area contributed by atoms with E-state index in [1.807, 2.05) is 0 Å². The number of carbonyl (C=O) groups excluding carboxylic acids is 2. The SMILES string of the molecule is O=C1c2c(Cl)c(Cl)c(Cl)c(Cl)c2C(=O)N1C1CCCCC1. The Kier molecular flexibility index (Phi) is 4.12. The van der Waals surface area contributed by atoms with Crippen LogP contribution in [0.2, 0.25) is 20.1 Å². The first kappa shape index (κ1) is 15.4. The second-order valence-corrected chi connectivity index (χ2v) is 6.79. The minimum atomic E-state index is -0.424. The van der Waals surface area contributed by atoms with Gasteiger partial charge in [-0.2, -0.15) is 0 Å². The number of carbonyl (C=O) groups is 2. The molecule has 7 heteroatoms. The fraction of sp³-hybridized carbons (Fsp3) is 0.429. The molecule has 0 spiro atoms. The molecule has 1 fully saturated rings. The van der Waals surface area contributed by atoms with Crippen LogP contribution in [0.1, 0.15) is 52.8 Å². The van der Waals surface area contributed by atoms with E-state index in [1.165, 1.54) is 4.90 Å². The van der Waals surface area contributed by atoms with Crippen molar-refractivity contribution < 1.29 is 9.59 Å². The van der Waals surface area contributed by atoms with Gasteiger partial charge in [-0.15, -0.1) is 0 Å². The highest BCUT2D eigenvalue weighted by atomic mass is 35.5. The van der Waals surface area contributed by atoms with Gasteiger partial charge < -0.3 is 0 Å². The van der Waals surface area contributed by atoms with Crippen molar-refractivity contribution in [3.63, 3.8) is 0 Å². The first-order valence-electron chi connectivity index (χ1n) is 6.69. The lowest BCUT2D eigenvalue weighted by molar-refractivity contribution is 0.0549. The first-order valence-corrected chi connectivity index (χ1v) is 8.20. The predicted octanol–water partition coefficient (Wildman–Crippen LogP) is 5.23. The number of benzene rings is 1. The molecule has 112 valence electrons. The summed E-state index contributed by atoms with van der Waals surface area (Å²) in [6.07, 6.45) is 4.74. The van der Waals surface area contributed by atoms with Crippen molar-refractivity contribution in [3.8, 4) is 0 Å². The van der Waals surface area contributed by atoms with Gasteiger partial charge in [0.15, 0.2) is 0 Å². The highest BCUT2D eigenvalue weighted by Gasteiger charge is 2.44. The van der Waals surface area contributed by atoms with Crippen LogP contribution in [0.25, 0.3) is 0 Å². The quantitative estimate of drug-likeness (QED) is 0.387. The van der Waals surface area contributed by atoms with Gasteiger partial charge in [0.05, 0.1) is 31.2 Å². The van der Waals surface area contributed by atoms with Gasteiger partial charge >= 0.3 is 0 Å².